The molecule has 3 aromatic heterocycles. The first kappa shape index (κ1) is 24.5. The Morgan fingerprint density at radius 3 is 2.51 bits per heavy atom. The van der Waals surface area contributed by atoms with Crippen LogP contribution in [0.2, 0.25) is 0 Å². The van der Waals surface area contributed by atoms with Gasteiger partial charge in [-0.05, 0) is 55.7 Å². The van der Waals surface area contributed by atoms with Gasteiger partial charge in [-0.15, -0.1) is 0 Å². The summed E-state index contributed by atoms with van der Waals surface area (Å²) >= 11 is 0. The van der Waals surface area contributed by atoms with Gasteiger partial charge in [-0.25, -0.2) is 4.98 Å². The highest BCUT2D eigenvalue weighted by atomic mass is 16.5. The summed E-state index contributed by atoms with van der Waals surface area (Å²) in [5, 5.41) is 10.3. The fourth-order valence-corrected chi connectivity index (χ4v) is 4.96. The van der Waals surface area contributed by atoms with Gasteiger partial charge in [-0.3, -0.25) is 9.38 Å². The average Bonchev–Trinajstić information content (AvgIpc) is 3.29. The third-order valence-electron chi connectivity index (χ3n) is 6.86. The standard InChI is InChI=1S/C31H31N5O/c1-22-12-14-24(15-13-22)19-26-23(2)27(20-32)30-34-28-10-4-5-11-29(28)36(30)31(26)35(17-8-18-37-3)21-25-9-6-7-16-33-25/h4-7,9-16H,8,17-19,21H2,1-3H3. The summed E-state index contributed by atoms with van der Waals surface area (Å²) in [7, 11) is 1.74. The molecule has 0 spiro atoms. The van der Waals surface area contributed by atoms with Crippen molar-refractivity contribution in [3.63, 3.8) is 0 Å². The first-order chi connectivity index (χ1) is 18.1. The first-order valence-corrected chi connectivity index (χ1v) is 12.6. The van der Waals surface area contributed by atoms with Gasteiger partial charge in [-0.2, -0.15) is 5.26 Å². The molecule has 186 valence electrons. The van der Waals surface area contributed by atoms with Crippen LogP contribution in [0.1, 0.15) is 39.9 Å². The van der Waals surface area contributed by atoms with Crippen molar-refractivity contribution in [1.82, 2.24) is 14.4 Å². The predicted octanol–water partition coefficient (Wildman–Crippen LogP) is 6.00. The zero-order valence-electron chi connectivity index (χ0n) is 21.6. The average molecular weight is 490 g/mol. The molecule has 0 aliphatic carbocycles. The Labute approximate surface area is 217 Å². The minimum Gasteiger partial charge on any atom is -0.385 e. The second kappa shape index (κ2) is 10.8. The molecule has 5 aromatic rings. The maximum Gasteiger partial charge on any atom is 0.157 e. The van der Waals surface area contributed by atoms with Crippen molar-refractivity contribution in [2.75, 3.05) is 25.2 Å². The zero-order valence-corrected chi connectivity index (χ0v) is 21.6. The van der Waals surface area contributed by atoms with Gasteiger partial charge in [0.25, 0.3) is 0 Å². The van der Waals surface area contributed by atoms with Crippen LogP contribution in [0.5, 0.6) is 0 Å². The Morgan fingerprint density at radius 1 is 1.00 bits per heavy atom. The van der Waals surface area contributed by atoms with Gasteiger partial charge < -0.3 is 9.64 Å². The zero-order chi connectivity index (χ0) is 25.8. The molecule has 0 aliphatic rings. The Bertz CT molecular complexity index is 1570. The van der Waals surface area contributed by atoms with Crippen molar-refractivity contribution in [2.24, 2.45) is 0 Å². The molecule has 2 aromatic carbocycles. The fraction of sp³-hybridized carbons (Fsp3) is 0.258. The molecule has 0 radical (unpaired) electrons. The summed E-state index contributed by atoms with van der Waals surface area (Å²) in [6.07, 6.45) is 3.41. The number of ether oxygens (including phenoxy) is 1. The van der Waals surface area contributed by atoms with Gasteiger partial charge in [0.1, 0.15) is 11.9 Å². The number of nitriles is 1. The van der Waals surface area contributed by atoms with Crippen molar-refractivity contribution in [3.05, 3.63) is 106 Å². The molecule has 3 heterocycles. The molecule has 0 saturated carbocycles. The summed E-state index contributed by atoms with van der Waals surface area (Å²) in [4.78, 5) is 11.9. The lowest BCUT2D eigenvalue weighted by Crippen LogP contribution is -2.29. The number of imidazole rings is 1. The Balaban J connectivity index is 1.80. The Kier molecular flexibility index (Phi) is 7.16. The van der Waals surface area contributed by atoms with Crippen LogP contribution in [-0.4, -0.2) is 34.6 Å². The number of methoxy groups -OCH3 is 1. The molecular formula is C31H31N5O. The highest BCUT2D eigenvalue weighted by Crippen LogP contribution is 2.35. The maximum absolute atomic E-state index is 10.3. The van der Waals surface area contributed by atoms with E-state index in [-0.39, 0.29) is 0 Å². The van der Waals surface area contributed by atoms with Crippen LogP contribution in [0.4, 0.5) is 5.82 Å². The number of aryl methyl sites for hydroxylation is 1. The summed E-state index contributed by atoms with van der Waals surface area (Å²) < 4.78 is 7.59. The van der Waals surface area contributed by atoms with E-state index in [0.717, 1.165) is 46.6 Å². The van der Waals surface area contributed by atoms with E-state index in [1.54, 1.807) is 7.11 Å². The molecular weight excluding hydrogens is 458 g/mol. The molecule has 37 heavy (non-hydrogen) atoms. The van der Waals surface area contributed by atoms with Gasteiger partial charge in [0.15, 0.2) is 5.65 Å². The molecule has 6 nitrogen and oxygen atoms in total. The molecule has 0 fully saturated rings. The highest BCUT2D eigenvalue weighted by Gasteiger charge is 2.25. The second-order valence-corrected chi connectivity index (χ2v) is 9.42. The third-order valence-corrected chi connectivity index (χ3v) is 6.86. The highest BCUT2D eigenvalue weighted by molar-refractivity contribution is 5.86. The van der Waals surface area contributed by atoms with Crippen LogP contribution in [0, 0.1) is 25.2 Å². The molecule has 0 bridgehead atoms. The van der Waals surface area contributed by atoms with E-state index in [4.69, 9.17) is 9.72 Å². The Hall–Kier alpha value is -4.21. The first-order valence-electron chi connectivity index (χ1n) is 12.6. The lowest BCUT2D eigenvalue weighted by Gasteiger charge is -2.30. The number of benzene rings is 2. The molecule has 6 heteroatoms. The van der Waals surface area contributed by atoms with Crippen LogP contribution in [0.15, 0.2) is 72.9 Å². The van der Waals surface area contributed by atoms with Gasteiger partial charge in [0.2, 0.25) is 0 Å². The predicted molar refractivity (Wildman–Crippen MR) is 148 cm³/mol. The van der Waals surface area contributed by atoms with Gasteiger partial charge in [0.05, 0.1) is 28.8 Å². The van der Waals surface area contributed by atoms with E-state index >= 15 is 0 Å². The minimum absolute atomic E-state index is 0.622. The number of para-hydroxylation sites is 2. The van der Waals surface area contributed by atoms with Gasteiger partial charge >= 0.3 is 0 Å². The number of aromatic nitrogens is 3. The lowest BCUT2D eigenvalue weighted by atomic mass is 9.96. The Morgan fingerprint density at radius 2 is 1.78 bits per heavy atom. The molecule has 0 saturated heterocycles. The topological polar surface area (TPSA) is 66.5 Å². The molecule has 5 rings (SSSR count). The number of fused-ring (bicyclic) bond motifs is 3. The quantitative estimate of drug-likeness (QED) is 0.237. The van der Waals surface area contributed by atoms with E-state index < -0.39 is 0 Å². The molecule has 0 aliphatic heterocycles. The number of anilines is 1. The van der Waals surface area contributed by atoms with Crippen molar-refractivity contribution >= 4 is 22.5 Å². The van der Waals surface area contributed by atoms with Crippen LogP contribution in [0.3, 0.4) is 0 Å². The maximum atomic E-state index is 10.3. The van der Waals surface area contributed by atoms with Crippen LogP contribution < -0.4 is 4.90 Å². The van der Waals surface area contributed by atoms with Gasteiger partial charge in [0, 0.05) is 38.4 Å². The van der Waals surface area contributed by atoms with Crippen molar-refractivity contribution in [2.45, 2.75) is 33.2 Å². The summed E-state index contributed by atoms with van der Waals surface area (Å²) in [6, 6.07) is 25.2. The normalized spacial score (nSPS) is 11.2. The summed E-state index contributed by atoms with van der Waals surface area (Å²) in [6.45, 7) is 6.23. The van der Waals surface area contributed by atoms with Crippen LogP contribution in [0.25, 0.3) is 16.7 Å². The second-order valence-electron chi connectivity index (χ2n) is 9.42. The SMILES string of the molecule is COCCCN(Cc1ccccn1)c1c(Cc2ccc(C)cc2)c(C)c(C#N)c2nc3ccccc3n12. The van der Waals surface area contributed by atoms with Crippen LogP contribution in [-0.2, 0) is 17.7 Å². The lowest BCUT2D eigenvalue weighted by molar-refractivity contribution is 0.196. The van der Waals surface area contributed by atoms with Gasteiger partial charge in [-0.1, -0.05) is 48.0 Å². The molecule has 0 N–H and O–H groups in total. The number of hydrogen-bond acceptors (Lipinski definition) is 5. The summed E-state index contributed by atoms with van der Waals surface area (Å²) in [5.41, 5.74) is 8.71. The number of nitrogens with zero attached hydrogens (tertiary/aromatic N) is 5. The van der Waals surface area contributed by atoms with Crippen LogP contribution >= 0.6 is 0 Å². The molecule has 0 atom stereocenters. The van der Waals surface area contributed by atoms with E-state index in [9.17, 15) is 5.26 Å². The van der Waals surface area contributed by atoms with E-state index in [1.807, 2.05) is 36.5 Å². The number of pyridine rings is 2. The molecule has 0 amide bonds. The van der Waals surface area contributed by atoms with E-state index in [1.165, 1.54) is 11.1 Å². The fourth-order valence-electron chi connectivity index (χ4n) is 4.96. The van der Waals surface area contributed by atoms with Crippen molar-refractivity contribution < 1.29 is 4.74 Å². The summed E-state index contributed by atoms with van der Waals surface area (Å²) in [5.74, 6) is 1.06. The largest absolute Gasteiger partial charge is 0.385 e. The van der Waals surface area contributed by atoms with E-state index in [0.29, 0.717) is 30.8 Å². The number of rotatable bonds is 9. The monoisotopic (exact) mass is 489 g/mol. The van der Waals surface area contributed by atoms with E-state index in [2.05, 4.69) is 70.6 Å². The minimum atomic E-state index is 0.622. The van der Waals surface area contributed by atoms with Crippen molar-refractivity contribution in [1.29, 1.82) is 5.26 Å². The van der Waals surface area contributed by atoms with Crippen molar-refractivity contribution in [3.8, 4) is 6.07 Å². The smallest absolute Gasteiger partial charge is 0.157 e. The molecule has 0 unspecified atom stereocenters. The number of hydrogen-bond donors (Lipinski definition) is 0. The third kappa shape index (κ3) is 4.91.